The summed E-state index contributed by atoms with van der Waals surface area (Å²) in [4.78, 5) is 1.04. The Labute approximate surface area is 126 Å². The number of hydrogen-bond acceptors (Lipinski definition) is 6. The topological polar surface area (TPSA) is 64.9 Å². The Morgan fingerprint density at radius 3 is 3.00 bits per heavy atom. The number of aromatic nitrogens is 4. The third-order valence-electron chi connectivity index (χ3n) is 2.64. The van der Waals surface area contributed by atoms with Crippen molar-refractivity contribution in [3.63, 3.8) is 0 Å². The summed E-state index contributed by atoms with van der Waals surface area (Å²) in [5.74, 6) is 0. The maximum atomic E-state index is 6.28. The Balaban J connectivity index is 2.11. The Morgan fingerprint density at radius 1 is 1.45 bits per heavy atom. The molecule has 1 heterocycles. The second-order valence-corrected chi connectivity index (χ2v) is 5.49. The fraction of sp³-hybridized carbons (Fsp3) is 0.417. The molecule has 0 radical (unpaired) electrons. The number of nitrogens with zero attached hydrogens (tertiary/aromatic N) is 4. The first-order chi connectivity index (χ1) is 9.72. The van der Waals surface area contributed by atoms with Crippen LogP contribution in [-0.2, 0) is 18.3 Å². The van der Waals surface area contributed by atoms with Crippen molar-refractivity contribution < 1.29 is 4.74 Å². The van der Waals surface area contributed by atoms with Crippen molar-refractivity contribution in [2.75, 3.05) is 20.3 Å². The van der Waals surface area contributed by atoms with Gasteiger partial charge in [0.1, 0.15) is 0 Å². The maximum Gasteiger partial charge on any atom is 0.213 e. The third kappa shape index (κ3) is 3.92. The van der Waals surface area contributed by atoms with Crippen LogP contribution in [0.3, 0.4) is 0 Å². The number of nitrogens with one attached hydrogen (secondary N) is 1. The first-order valence-corrected chi connectivity index (χ1v) is 7.29. The predicted octanol–water partition coefficient (Wildman–Crippen LogP) is 1.75. The van der Waals surface area contributed by atoms with E-state index in [0.29, 0.717) is 13.2 Å². The van der Waals surface area contributed by atoms with Crippen molar-refractivity contribution in [3.8, 4) is 0 Å². The van der Waals surface area contributed by atoms with E-state index in [9.17, 15) is 0 Å². The summed E-state index contributed by atoms with van der Waals surface area (Å²) < 4.78 is 6.64. The molecule has 0 aliphatic carbocycles. The fourth-order valence-electron chi connectivity index (χ4n) is 1.60. The molecular weight excluding hydrogens is 298 g/mol. The van der Waals surface area contributed by atoms with Crippen LogP contribution in [0, 0.1) is 0 Å². The monoisotopic (exact) mass is 313 g/mol. The molecule has 0 spiro atoms. The summed E-state index contributed by atoms with van der Waals surface area (Å²) in [7, 11) is 3.49. The molecule has 1 aromatic heterocycles. The van der Waals surface area contributed by atoms with E-state index >= 15 is 0 Å². The van der Waals surface area contributed by atoms with Gasteiger partial charge >= 0.3 is 0 Å². The zero-order valence-electron chi connectivity index (χ0n) is 11.3. The number of ether oxygens (including phenoxy) is 1. The largest absolute Gasteiger partial charge is 0.383 e. The number of methoxy groups -OCH3 is 1. The minimum Gasteiger partial charge on any atom is -0.383 e. The lowest BCUT2D eigenvalue weighted by Gasteiger charge is -2.11. The van der Waals surface area contributed by atoms with Crippen LogP contribution < -0.4 is 5.32 Å². The second kappa shape index (κ2) is 7.58. The SMILES string of the molecule is COCCNCc1c(Cl)cccc1Sc1nnnn1C. The minimum absolute atomic E-state index is 0.667. The molecule has 0 saturated carbocycles. The van der Waals surface area contributed by atoms with Gasteiger partial charge in [0.25, 0.3) is 0 Å². The van der Waals surface area contributed by atoms with Gasteiger partial charge in [-0.2, -0.15) is 0 Å². The van der Waals surface area contributed by atoms with Crippen molar-refractivity contribution in [1.82, 2.24) is 25.5 Å². The van der Waals surface area contributed by atoms with Crippen molar-refractivity contribution >= 4 is 23.4 Å². The summed E-state index contributed by atoms with van der Waals surface area (Å²) >= 11 is 7.78. The molecule has 2 aromatic rings. The first kappa shape index (κ1) is 15.2. The molecule has 1 aromatic carbocycles. The maximum absolute atomic E-state index is 6.28. The molecule has 20 heavy (non-hydrogen) atoms. The smallest absolute Gasteiger partial charge is 0.213 e. The van der Waals surface area contributed by atoms with Crippen LogP contribution in [0.25, 0.3) is 0 Å². The quantitative estimate of drug-likeness (QED) is 0.786. The van der Waals surface area contributed by atoms with E-state index in [1.54, 1.807) is 11.8 Å². The van der Waals surface area contributed by atoms with Crippen LogP contribution in [0.2, 0.25) is 5.02 Å². The van der Waals surface area contributed by atoms with Crippen LogP contribution in [0.1, 0.15) is 5.56 Å². The predicted molar refractivity (Wildman–Crippen MR) is 78.0 cm³/mol. The Hall–Kier alpha value is -1.15. The lowest BCUT2D eigenvalue weighted by molar-refractivity contribution is 0.199. The average molecular weight is 314 g/mol. The van der Waals surface area contributed by atoms with E-state index in [-0.39, 0.29) is 0 Å². The highest BCUT2D eigenvalue weighted by atomic mass is 35.5. The van der Waals surface area contributed by atoms with E-state index in [2.05, 4.69) is 20.8 Å². The lowest BCUT2D eigenvalue weighted by atomic mass is 10.2. The summed E-state index contributed by atoms with van der Waals surface area (Å²) in [5, 5.41) is 16.2. The van der Waals surface area contributed by atoms with Gasteiger partial charge in [-0.15, -0.1) is 5.10 Å². The van der Waals surface area contributed by atoms with Gasteiger partial charge in [0.05, 0.1) is 6.61 Å². The summed E-state index contributed by atoms with van der Waals surface area (Å²) in [6.45, 7) is 2.12. The number of hydrogen-bond donors (Lipinski definition) is 1. The summed E-state index contributed by atoms with van der Waals surface area (Å²) in [6, 6.07) is 5.82. The molecule has 0 unspecified atom stereocenters. The molecule has 8 heteroatoms. The third-order valence-corrected chi connectivity index (χ3v) is 4.13. The molecule has 0 atom stereocenters. The molecule has 0 aliphatic heterocycles. The molecule has 0 aliphatic rings. The molecule has 0 fully saturated rings. The van der Waals surface area contributed by atoms with Crippen LogP contribution in [-0.4, -0.2) is 40.5 Å². The van der Waals surface area contributed by atoms with Gasteiger partial charge in [-0.05, 0) is 39.9 Å². The van der Waals surface area contributed by atoms with Gasteiger partial charge in [0, 0.05) is 37.2 Å². The number of aryl methyl sites for hydroxylation is 1. The van der Waals surface area contributed by atoms with Gasteiger partial charge in [-0.25, -0.2) is 4.68 Å². The van der Waals surface area contributed by atoms with Gasteiger partial charge in [0.2, 0.25) is 5.16 Å². The zero-order chi connectivity index (χ0) is 14.4. The molecule has 1 N–H and O–H groups in total. The summed E-state index contributed by atoms with van der Waals surface area (Å²) in [6.07, 6.45) is 0. The van der Waals surface area contributed by atoms with Crippen molar-refractivity contribution in [1.29, 1.82) is 0 Å². The normalized spacial score (nSPS) is 10.9. The van der Waals surface area contributed by atoms with Gasteiger partial charge < -0.3 is 10.1 Å². The van der Waals surface area contributed by atoms with Crippen molar-refractivity contribution in [2.45, 2.75) is 16.6 Å². The molecule has 6 nitrogen and oxygen atoms in total. The number of benzene rings is 1. The number of rotatable bonds is 7. The highest BCUT2D eigenvalue weighted by Crippen LogP contribution is 2.32. The van der Waals surface area contributed by atoms with Crippen molar-refractivity contribution in [2.24, 2.45) is 7.05 Å². The van der Waals surface area contributed by atoms with Crippen LogP contribution >= 0.6 is 23.4 Å². The highest BCUT2D eigenvalue weighted by Gasteiger charge is 2.11. The Bertz CT molecular complexity index is 563. The zero-order valence-corrected chi connectivity index (χ0v) is 12.9. The van der Waals surface area contributed by atoms with Crippen LogP contribution in [0.15, 0.2) is 28.3 Å². The van der Waals surface area contributed by atoms with E-state index in [4.69, 9.17) is 16.3 Å². The summed E-state index contributed by atoms with van der Waals surface area (Å²) in [5.41, 5.74) is 1.04. The number of tetrazole rings is 1. The van der Waals surface area contributed by atoms with E-state index < -0.39 is 0 Å². The van der Waals surface area contributed by atoms with Crippen LogP contribution in [0.5, 0.6) is 0 Å². The molecule has 0 saturated heterocycles. The Kier molecular flexibility index (Phi) is 5.78. The molecule has 2 rings (SSSR count). The van der Waals surface area contributed by atoms with Gasteiger partial charge in [0.15, 0.2) is 0 Å². The van der Waals surface area contributed by atoms with Crippen LogP contribution in [0.4, 0.5) is 0 Å². The van der Waals surface area contributed by atoms with Gasteiger partial charge in [-0.3, -0.25) is 0 Å². The minimum atomic E-state index is 0.667. The molecule has 108 valence electrons. The van der Waals surface area contributed by atoms with E-state index in [1.165, 1.54) is 11.8 Å². The van der Waals surface area contributed by atoms with E-state index in [1.807, 2.05) is 25.2 Å². The van der Waals surface area contributed by atoms with Gasteiger partial charge in [-0.1, -0.05) is 17.7 Å². The fourth-order valence-corrected chi connectivity index (χ4v) is 2.79. The Morgan fingerprint density at radius 2 is 2.30 bits per heavy atom. The highest BCUT2D eigenvalue weighted by molar-refractivity contribution is 7.99. The first-order valence-electron chi connectivity index (χ1n) is 6.09. The molecular formula is C12H16ClN5OS. The standard InChI is InChI=1S/C12H16ClN5OS/c1-18-12(15-16-17-18)20-11-5-3-4-10(13)9(11)8-14-6-7-19-2/h3-5,14H,6-8H2,1-2H3. The lowest BCUT2D eigenvalue weighted by Crippen LogP contribution is -2.19. The number of halogens is 1. The molecule has 0 bridgehead atoms. The second-order valence-electron chi connectivity index (χ2n) is 4.07. The van der Waals surface area contributed by atoms with E-state index in [0.717, 1.165) is 27.2 Å². The average Bonchev–Trinajstić information content (AvgIpc) is 2.83. The molecule has 0 amide bonds. The van der Waals surface area contributed by atoms with Crippen molar-refractivity contribution in [3.05, 3.63) is 28.8 Å².